The first-order valence-electron chi connectivity index (χ1n) is 33.1. The van der Waals surface area contributed by atoms with Crippen molar-refractivity contribution in [3.8, 4) is 0 Å². The first kappa shape index (κ1) is 89.3. The Morgan fingerprint density at radius 2 is 0.858 bits per heavy atom. The van der Waals surface area contributed by atoms with Gasteiger partial charge in [-0.05, 0) is 179 Å². The van der Waals surface area contributed by atoms with E-state index in [9.17, 15) is 85.0 Å². The summed E-state index contributed by atoms with van der Waals surface area (Å²) in [5.41, 5.74) is -0.561. The number of H-pyrrole nitrogens is 3. The number of nitrogens with one attached hydrogen (secondary N) is 5. The molecular formula is C67H80BCl2F15N12O8U. The molecule has 3 aromatic carbocycles. The maximum atomic E-state index is 14.0. The topological polar surface area (TPSA) is 244 Å². The molecule has 12 rings (SSSR count). The van der Waals surface area contributed by atoms with Crippen molar-refractivity contribution in [3.05, 3.63) is 156 Å². The van der Waals surface area contributed by atoms with Crippen LogP contribution in [0.25, 0.3) is 0 Å². The molecule has 582 valence electrons. The van der Waals surface area contributed by atoms with Crippen molar-refractivity contribution in [3.63, 3.8) is 0 Å². The molecule has 3 fully saturated rings. The van der Waals surface area contributed by atoms with E-state index in [4.69, 9.17) is 20.4 Å². The van der Waals surface area contributed by atoms with Crippen LogP contribution in [-0.4, -0.2) is 160 Å². The van der Waals surface area contributed by atoms with Crippen molar-refractivity contribution in [2.24, 2.45) is 0 Å². The largest absolute Gasteiger partial charge is 0.444 e. The Hall–Kier alpha value is -7.28. The van der Waals surface area contributed by atoms with Gasteiger partial charge in [0.05, 0.1) is 53.1 Å². The third kappa shape index (κ3) is 23.6. The minimum atomic E-state index is -4.96. The number of likely N-dealkylation sites (tertiary alicyclic amines) is 2. The van der Waals surface area contributed by atoms with Crippen LogP contribution < -0.4 is 10.6 Å². The predicted octanol–water partition coefficient (Wildman–Crippen LogP) is 13.4. The van der Waals surface area contributed by atoms with Crippen molar-refractivity contribution in [2.45, 2.75) is 166 Å². The van der Waals surface area contributed by atoms with Crippen LogP contribution in [0.3, 0.4) is 0 Å². The monoisotopic (exact) mass is 1790 g/mol. The van der Waals surface area contributed by atoms with Gasteiger partial charge in [-0.3, -0.25) is 24.9 Å². The molecule has 0 atom stereocenters. The molecule has 6 aliphatic rings. The van der Waals surface area contributed by atoms with Crippen LogP contribution in [0.1, 0.15) is 187 Å². The van der Waals surface area contributed by atoms with E-state index in [1.165, 1.54) is 20.3 Å². The van der Waals surface area contributed by atoms with Crippen LogP contribution >= 0.6 is 24.8 Å². The van der Waals surface area contributed by atoms with Gasteiger partial charge in [0.25, 0.3) is 11.8 Å². The summed E-state index contributed by atoms with van der Waals surface area (Å²) in [6, 6.07) is 3.06. The molecule has 106 heavy (non-hydrogen) atoms. The van der Waals surface area contributed by atoms with E-state index >= 15 is 0 Å². The Bertz CT molecular complexity index is 4030. The van der Waals surface area contributed by atoms with Gasteiger partial charge < -0.3 is 39.7 Å². The van der Waals surface area contributed by atoms with Gasteiger partial charge in [-0.25, -0.2) is 35.9 Å². The summed E-state index contributed by atoms with van der Waals surface area (Å²) < 4.78 is 216. The van der Waals surface area contributed by atoms with Crippen LogP contribution in [0.5, 0.6) is 0 Å². The number of halogens is 17. The number of fused-ring (bicyclic) bond motifs is 3. The van der Waals surface area contributed by atoms with Crippen LogP contribution in [0.2, 0.25) is 0 Å². The molecular weight excluding hydrogens is 1710 g/mol. The predicted molar refractivity (Wildman–Crippen MR) is 355 cm³/mol. The van der Waals surface area contributed by atoms with Crippen LogP contribution in [0.15, 0.2) is 42.6 Å². The number of ether oxygens (including phenoxy) is 2. The van der Waals surface area contributed by atoms with E-state index in [1.807, 2.05) is 27.0 Å². The second-order valence-electron chi connectivity index (χ2n) is 27.0. The van der Waals surface area contributed by atoms with E-state index < -0.39 is 111 Å². The average Bonchev–Trinajstić information content (AvgIpc) is 1.05. The minimum Gasteiger partial charge on any atom is -0.444 e. The Labute approximate surface area is 640 Å². The minimum absolute atomic E-state index is 0. The van der Waals surface area contributed by atoms with Crippen LogP contribution in [0, 0.1) is 66.0 Å². The van der Waals surface area contributed by atoms with Crippen molar-refractivity contribution in [2.75, 3.05) is 58.9 Å². The van der Waals surface area contributed by atoms with E-state index in [-0.39, 0.29) is 175 Å². The van der Waals surface area contributed by atoms with Gasteiger partial charge in [0.1, 0.15) is 46.1 Å². The number of aromatic nitrogens is 6. The fourth-order valence-corrected chi connectivity index (χ4v) is 13.0. The summed E-state index contributed by atoms with van der Waals surface area (Å²) in [6.07, 6.45) is -9.91. The molecule has 3 aromatic heterocycles. The van der Waals surface area contributed by atoms with Gasteiger partial charge in [0.2, 0.25) is 0 Å². The van der Waals surface area contributed by atoms with Gasteiger partial charge in [-0.2, -0.15) is 64.4 Å². The number of benzene rings is 3. The molecule has 2 radical (unpaired) electrons. The van der Waals surface area contributed by atoms with Crippen molar-refractivity contribution in [1.82, 2.24) is 60.8 Å². The molecule has 4 amide bonds. The number of aromatic amines is 3. The zero-order valence-electron chi connectivity index (χ0n) is 59.1. The third-order valence-electron chi connectivity index (χ3n) is 17.6. The summed E-state index contributed by atoms with van der Waals surface area (Å²) in [6.45, 7) is 15.8. The summed E-state index contributed by atoms with van der Waals surface area (Å²) in [5, 5.41) is 27.0. The summed E-state index contributed by atoms with van der Waals surface area (Å²) in [7, 11) is 3.75. The van der Waals surface area contributed by atoms with Crippen molar-refractivity contribution < 1.29 is 137 Å². The average molecular weight is 1790 g/mol. The number of rotatable bonds is 5. The molecule has 9 heterocycles. The smallest absolute Gasteiger partial charge is 0.419 e. The maximum Gasteiger partial charge on any atom is 0.419 e. The van der Waals surface area contributed by atoms with Gasteiger partial charge in [0, 0.05) is 116 Å². The SMILES string of the molecule is CC(C)(C)OC(=O)N1CCc2c(C(=O)N3CCC(c4cc(F)cc(F)c4C(F)(F)F)CC3)n[nH]c2C1.CC(C)(C)OC(=O)N1CCc2cn[nH]c2C1.Cl.Cl.Fc1cc(F)c(C(F)(F)F)c(C2CCNCC2)c1.O=C(c1n[nH]c2c1CCNC2)N1CCC(c2cc(F)cc(F)c2C(F)(F)F)CC1.O=C=O.[3H][B].[HH].[U]. The molecule has 0 bridgehead atoms. The summed E-state index contributed by atoms with van der Waals surface area (Å²) in [4.78, 5) is 72.7. The molecule has 5 N–H and O–H groups in total. The van der Waals surface area contributed by atoms with Crippen LogP contribution in [-0.2, 0) is 76.5 Å². The number of nitrogens with zero attached hydrogens (tertiary/aromatic N) is 7. The number of piperidine rings is 3. The first-order valence-corrected chi connectivity index (χ1v) is 32.5. The fourth-order valence-electron chi connectivity index (χ4n) is 13.0. The number of amides is 4. The number of carbonyl (C=O) groups excluding carboxylic acids is 6. The van der Waals surface area contributed by atoms with E-state index in [0.29, 0.717) is 81.9 Å². The fraction of sp³-hybridized carbons (Fsp3) is 0.522. The molecule has 20 nitrogen and oxygen atoms in total. The molecule has 0 unspecified atom stereocenters. The molecule has 0 spiro atoms. The Morgan fingerprint density at radius 1 is 0.500 bits per heavy atom. The maximum absolute atomic E-state index is 14.0. The van der Waals surface area contributed by atoms with E-state index in [2.05, 4.69) is 49.6 Å². The van der Waals surface area contributed by atoms with Crippen LogP contribution in [0.4, 0.5) is 75.4 Å². The molecule has 39 heteroatoms. The zero-order chi connectivity index (χ0) is 77.0. The normalized spacial score (nSPS) is 16.4. The number of alkyl halides is 9. The summed E-state index contributed by atoms with van der Waals surface area (Å²) in [5.74, 6) is -10.4. The third-order valence-corrected chi connectivity index (χ3v) is 17.6. The molecule has 0 aliphatic carbocycles. The molecule has 0 saturated carbocycles. The standard InChI is InChI=1S/C24H27F5N4O3.C19H19F5N4O.C12H12F5N.C11H17N3O2.CO2.BH.2ClH.U.H2/c1-23(2,3)36-22(35)33-9-6-15-18(12-33)30-31-20(15)21(34)32-7-4-13(5-8-32)16-10-14(25)11-17(26)19(16)24(27,28)29;20-11-7-13(16(14(21)8-11)19(22,23)24)10-2-5-28(6-3-10)18(29)17-12-1-4-25-9-15(12)26-27-17;13-8-5-9(7-1-3-18-4-2-7)11(10(14)6-8)12(15,16)17;1-11(2,3)16-10(15)14-5-4-8-6-12-13-9(8)7-14;2-1-3;;;;;/h10-11,13H,4-9,12H2,1-3H3,(H,30,31);7-8,10,25H,1-6,9H2,(H,26,27);5-7,18H,1-4H2;6H,4-5,7H2,1-3H3,(H,12,13);;3*1H;;1H/i;;;;;1T;;;;. The molecule has 6 aliphatic heterocycles. The zero-order valence-corrected chi connectivity index (χ0v) is 63.9. The van der Waals surface area contributed by atoms with Crippen molar-refractivity contribution in [1.29, 1.82) is 1.34 Å². The number of carbonyl (C=O) groups is 4. The molecule has 6 aromatic rings. The van der Waals surface area contributed by atoms with Gasteiger partial charge in [-0.1, -0.05) is 0 Å². The Morgan fingerprint density at radius 3 is 1.25 bits per heavy atom. The second kappa shape index (κ2) is 38.2. The van der Waals surface area contributed by atoms with Gasteiger partial charge in [0.15, 0.2) is 11.4 Å². The first-order chi connectivity index (χ1) is 48.8. The van der Waals surface area contributed by atoms with Crippen molar-refractivity contribution >= 4 is 63.3 Å². The van der Waals surface area contributed by atoms with Gasteiger partial charge >= 0.3 is 36.9 Å². The summed E-state index contributed by atoms with van der Waals surface area (Å²) >= 11 is 0. The van der Waals surface area contributed by atoms with E-state index in [0.717, 1.165) is 48.1 Å². The second-order valence-corrected chi connectivity index (χ2v) is 27.0. The van der Waals surface area contributed by atoms with Gasteiger partial charge in [-0.15, -0.1) is 24.8 Å². The Kier molecular flexibility index (Phi) is 32.2. The quantitative estimate of drug-likeness (QED) is 0.0797. The number of hydrogen-bond acceptors (Lipinski definition) is 13. The van der Waals surface area contributed by atoms with E-state index in [1.54, 1.807) is 25.7 Å². The molecule has 3 saturated heterocycles. The number of hydrogen-bond donors (Lipinski definition) is 5. The Balaban J connectivity index is 0.000000377.